The lowest BCUT2D eigenvalue weighted by molar-refractivity contribution is -0.385. The van der Waals surface area contributed by atoms with Crippen LogP contribution in [0.3, 0.4) is 0 Å². The van der Waals surface area contributed by atoms with Gasteiger partial charge in [-0.25, -0.2) is 4.39 Å². The molecule has 1 rings (SSSR count). The SMILES string of the molecule is CCCN(CC(=O)O)Cc1ccc([N+](=O)[O-])cc1F. The van der Waals surface area contributed by atoms with Crippen LogP contribution in [0.4, 0.5) is 10.1 Å². The Morgan fingerprint density at radius 2 is 2.21 bits per heavy atom. The topological polar surface area (TPSA) is 83.7 Å². The molecule has 0 aromatic heterocycles. The lowest BCUT2D eigenvalue weighted by Crippen LogP contribution is -2.30. The minimum Gasteiger partial charge on any atom is -0.480 e. The van der Waals surface area contributed by atoms with E-state index in [1.54, 1.807) is 4.90 Å². The molecule has 1 N–H and O–H groups in total. The molecule has 7 heteroatoms. The molecule has 0 atom stereocenters. The van der Waals surface area contributed by atoms with Gasteiger partial charge in [-0.2, -0.15) is 0 Å². The van der Waals surface area contributed by atoms with E-state index in [0.29, 0.717) is 6.54 Å². The largest absolute Gasteiger partial charge is 0.480 e. The van der Waals surface area contributed by atoms with Crippen molar-refractivity contribution in [2.45, 2.75) is 19.9 Å². The van der Waals surface area contributed by atoms with Crippen molar-refractivity contribution >= 4 is 11.7 Å². The Morgan fingerprint density at radius 3 is 2.68 bits per heavy atom. The molecule has 0 fully saturated rings. The van der Waals surface area contributed by atoms with Gasteiger partial charge in [0, 0.05) is 18.2 Å². The highest BCUT2D eigenvalue weighted by Gasteiger charge is 2.15. The number of nitro groups is 1. The zero-order valence-electron chi connectivity index (χ0n) is 10.5. The lowest BCUT2D eigenvalue weighted by atomic mass is 10.1. The fourth-order valence-electron chi connectivity index (χ4n) is 1.74. The second-order valence-electron chi connectivity index (χ2n) is 4.14. The van der Waals surface area contributed by atoms with Crippen molar-refractivity contribution in [1.29, 1.82) is 0 Å². The molecule has 104 valence electrons. The molecule has 0 aliphatic heterocycles. The summed E-state index contributed by atoms with van der Waals surface area (Å²) in [7, 11) is 0. The molecule has 1 aromatic rings. The van der Waals surface area contributed by atoms with Gasteiger partial charge in [-0.15, -0.1) is 0 Å². The highest BCUT2D eigenvalue weighted by atomic mass is 19.1. The van der Waals surface area contributed by atoms with E-state index in [4.69, 9.17) is 5.11 Å². The minimum atomic E-state index is -0.990. The molecule has 0 bridgehead atoms. The van der Waals surface area contributed by atoms with Gasteiger partial charge in [0.25, 0.3) is 5.69 Å². The number of halogens is 1. The summed E-state index contributed by atoms with van der Waals surface area (Å²) in [6, 6.07) is 3.38. The van der Waals surface area contributed by atoms with E-state index < -0.39 is 16.7 Å². The van der Waals surface area contributed by atoms with Crippen LogP contribution in [0.2, 0.25) is 0 Å². The number of carbonyl (C=O) groups is 1. The molecule has 0 amide bonds. The predicted octanol–water partition coefficient (Wildman–Crippen LogP) is 2.03. The van der Waals surface area contributed by atoms with Crippen LogP contribution in [0.15, 0.2) is 18.2 Å². The zero-order chi connectivity index (χ0) is 14.4. The Hall–Kier alpha value is -2.02. The van der Waals surface area contributed by atoms with Crippen LogP contribution in [-0.4, -0.2) is 34.0 Å². The van der Waals surface area contributed by atoms with Crippen LogP contribution in [-0.2, 0) is 11.3 Å². The van der Waals surface area contributed by atoms with E-state index in [2.05, 4.69) is 0 Å². The van der Waals surface area contributed by atoms with Crippen LogP contribution >= 0.6 is 0 Å². The summed E-state index contributed by atoms with van der Waals surface area (Å²) < 4.78 is 13.7. The lowest BCUT2D eigenvalue weighted by Gasteiger charge is -2.19. The highest BCUT2D eigenvalue weighted by Crippen LogP contribution is 2.18. The number of hydrogen-bond donors (Lipinski definition) is 1. The van der Waals surface area contributed by atoms with Crippen molar-refractivity contribution < 1.29 is 19.2 Å². The van der Waals surface area contributed by atoms with E-state index in [9.17, 15) is 19.3 Å². The summed E-state index contributed by atoms with van der Waals surface area (Å²) in [5, 5.41) is 19.2. The van der Waals surface area contributed by atoms with Gasteiger partial charge in [0.2, 0.25) is 0 Å². The normalized spacial score (nSPS) is 10.7. The highest BCUT2D eigenvalue weighted by molar-refractivity contribution is 5.69. The summed E-state index contributed by atoms with van der Waals surface area (Å²) >= 11 is 0. The molecule has 0 radical (unpaired) electrons. The summed E-state index contributed by atoms with van der Waals surface area (Å²) in [5.74, 6) is -1.68. The van der Waals surface area contributed by atoms with Crippen molar-refractivity contribution in [3.8, 4) is 0 Å². The van der Waals surface area contributed by atoms with E-state index in [1.165, 1.54) is 12.1 Å². The first-order valence-corrected chi connectivity index (χ1v) is 5.81. The van der Waals surface area contributed by atoms with Crippen LogP contribution < -0.4 is 0 Å². The summed E-state index contributed by atoms with van der Waals surface area (Å²) in [5.41, 5.74) is -0.0678. The Labute approximate surface area is 109 Å². The average molecular weight is 270 g/mol. The van der Waals surface area contributed by atoms with Crippen molar-refractivity contribution in [2.75, 3.05) is 13.1 Å². The number of hydrogen-bond acceptors (Lipinski definition) is 4. The fraction of sp³-hybridized carbons (Fsp3) is 0.417. The van der Waals surface area contributed by atoms with Crippen molar-refractivity contribution in [3.05, 3.63) is 39.7 Å². The first-order chi connectivity index (χ1) is 8.93. The summed E-state index contributed by atoms with van der Waals surface area (Å²) in [6.07, 6.45) is 0.738. The maximum atomic E-state index is 13.7. The molecular weight excluding hydrogens is 255 g/mol. The number of aliphatic carboxylic acids is 1. The molecule has 6 nitrogen and oxygen atoms in total. The summed E-state index contributed by atoms with van der Waals surface area (Å²) in [6.45, 7) is 2.33. The Bertz CT molecular complexity index is 479. The van der Waals surface area contributed by atoms with Gasteiger partial charge >= 0.3 is 5.97 Å². The fourth-order valence-corrected chi connectivity index (χ4v) is 1.74. The molecule has 0 saturated carbocycles. The number of nitro benzene ring substituents is 1. The molecule has 0 spiro atoms. The quantitative estimate of drug-likeness (QED) is 0.605. The van der Waals surface area contributed by atoms with Crippen molar-refractivity contribution in [1.82, 2.24) is 4.90 Å². The maximum absolute atomic E-state index is 13.7. The average Bonchev–Trinajstić information content (AvgIpc) is 2.31. The third-order valence-electron chi connectivity index (χ3n) is 2.54. The number of rotatable bonds is 7. The number of carboxylic acids is 1. The zero-order valence-corrected chi connectivity index (χ0v) is 10.5. The molecule has 0 aliphatic carbocycles. The number of non-ortho nitro benzene ring substituents is 1. The number of benzene rings is 1. The second-order valence-corrected chi connectivity index (χ2v) is 4.14. The maximum Gasteiger partial charge on any atom is 0.317 e. The first-order valence-electron chi connectivity index (χ1n) is 5.81. The summed E-state index contributed by atoms with van der Waals surface area (Å²) in [4.78, 5) is 22.1. The Kier molecular flexibility index (Phi) is 5.37. The molecule has 0 aliphatic rings. The van der Waals surface area contributed by atoms with Crippen LogP contribution in [0, 0.1) is 15.9 Å². The van der Waals surface area contributed by atoms with Crippen LogP contribution in [0.5, 0.6) is 0 Å². The number of carboxylic acid groups (broad SMARTS) is 1. The van der Waals surface area contributed by atoms with E-state index in [0.717, 1.165) is 12.5 Å². The van der Waals surface area contributed by atoms with Crippen molar-refractivity contribution in [2.24, 2.45) is 0 Å². The van der Waals surface area contributed by atoms with Gasteiger partial charge in [0.1, 0.15) is 5.82 Å². The standard InChI is InChI=1S/C12H15FN2O4/c1-2-5-14(8-12(16)17)7-9-3-4-10(15(18)19)6-11(9)13/h3-4,6H,2,5,7-8H2,1H3,(H,16,17). The smallest absolute Gasteiger partial charge is 0.317 e. The van der Waals surface area contributed by atoms with Gasteiger partial charge < -0.3 is 5.11 Å². The molecule has 19 heavy (non-hydrogen) atoms. The Balaban J connectivity index is 2.84. The molecular formula is C12H15FN2O4. The van der Waals surface area contributed by atoms with E-state index in [-0.39, 0.29) is 24.3 Å². The number of nitrogens with zero attached hydrogens (tertiary/aromatic N) is 2. The first kappa shape index (κ1) is 15.0. The van der Waals surface area contributed by atoms with E-state index in [1.807, 2.05) is 6.92 Å². The molecule has 0 saturated heterocycles. The van der Waals surface area contributed by atoms with Gasteiger partial charge in [-0.1, -0.05) is 6.92 Å². The van der Waals surface area contributed by atoms with Crippen LogP contribution in [0.1, 0.15) is 18.9 Å². The van der Waals surface area contributed by atoms with Gasteiger partial charge in [-0.05, 0) is 19.0 Å². The monoisotopic (exact) mass is 270 g/mol. The molecule has 0 unspecified atom stereocenters. The van der Waals surface area contributed by atoms with E-state index >= 15 is 0 Å². The van der Waals surface area contributed by atoms with Crippen molar-refractivity contribution in [3.63, 3.8) is 0 Å². The Morgan fingerprint density at radius 1 is 1.53 bits per heavy atom. The van der Waals surface area contributed by atoms with Gasteiger partial charge in [0.15, 0.2) is 0 Å². The third kappa shape index (κ3) is 4.63. The molecule has 1 aromatic carbocycles. The van der Waals surface area contributed by atoms with Gasteiger partial charge in [0.05, 0.1) is 17.5 Å². The third-order valence-corrected chi connectivity index (χ3v) is 2.54. The van der Waals surface area contributed by atoms with Crippen LogP contribution in [0.25, 0.3) is 0 Å². The predicted molar refractivity (Wildman–Crippen MR) is 66.3 cm³/mol. The van der Waals surface area contributed by atoms with Gasteiger partial charge in [-0.3, -0.25) is 19.8 Å². The molecule has 0 heterocycles. The second kappa shape index (κ2) is 6.79. The minimum absolute atomic E-state index is 0.115.